The highest BCUT2D eigenvalue weighted by Gasteiger charge is 2.68. The van der Waals surface area contributed by atoms with Crippen LogP contribution in [0.15, 0.2) is 59.6 Å². The summed E-state index contributed by atoms with van der Waals surface area (Å²) < 4.78 is 43.8. The Hall–Kier alpha value is -3.40. The molecular weight excluding hydrogens is 566 g/mol. The third-order valence-electron chi connectivity index (χ3n) is 7.78. The molecule has 0 saturated carbocycles. The Labute approximate surface area is 237 Å². The van der Waals surface area contributed by atoms with Crippen LogP contribution < -0.4 is 5.32 Å². The molecule has 0 bridgehead atoms. The van der Waals surface area contributed by atoms with Gasteiger partial charge >= 0.3 is 0 Å². The standard InChI is InChI=1S/C29H22Cl2F3N3O3/c1-15-8-17(23-11-28(14-35-23)21-9-18(30)10-22(31)25(21)29(28,33)34)4-7-20(15)26(38)36-24-13-40-37(27(24)39)12-16-2-5-19(32)6-3-16/h2-10,24H,11-14H2,1H3,(H,36,38)/t24-,28?/m1/s1. The van der Waals surface area contributed by atoms with E-state index < -0.39 is 29.2 Å². The van der Waals surface area contributed by atoms with Crippen LogP contribution in [-0.2, 0) is 27.5 Å². The zero-order valence-corrected chi connectivity index (χ0v) is 22.6. The lowest BCUT2D eigenvalue weighted by molar-refractivity contribution is -0.164. The number of hydroxylamine groups is 2. The van der Waals surface area contributed by atoms with Gasteiger partial charge in [0.15, 0.2) is 0 Å². The lowest BCUT2D eigenvalue weighted by Gasteiger charge is -2.48. The first kappa shape index (κ1) is 26.8. The van der Waals surface area contributed by atoms with Gasteiger partial charge in [-0.25, -0.2) is 18.2 Å². The molecule has 1 spiro atoms. The SMILES string of the molecule is Cc1cc(C2=NCC3(C2)c2cc(Cl)cc(Cl)c2C3(F)F)ccc1C(=O)N[C@@H]1CON(Cc2ccc(F)cc2)C1=O. The van der Waals surface area contributed by atoms with Crippen molar-refractivity contribution in [3.63, 3.8) is 0 Å². The van der Waals surface area contributed by atoms with Crippen molar-refractivity contribution in [2.45, 2.75) is 37.3 Å². The fourth-order valence-electron chi connectivity index (χ4n) is 5.62. The van der Waals surface area contributed by atoms with E-state index in [-0.39, 0.29) is 42.5 Å². The third-order valence-corrected chi connectivity index (χ3v) is 8.30. The van der Waals surface area contributed by atoms with Crippen molar-refractivity contribution in [2.75, 3.05) is 13.2 Å². The van der Waals surface area contributed by atoms with Crippen molar-refractivity contribution in [3.05, 3.63) is 104 Å². The summed E-state index contributed by atoms with van der Waals surface area (Å²) in [4.78, 5) is 35.7. The summed E-state index contributed by atoms with van der Waals surface area (Å²) in [5.41, 5.74) is 1.47. The largest absolute Gasteiger partial charge is 0.338 e. The molecule has 6 nitrogen and oxygen atoms in total. The van der Waals surface area contributed by atoms with E-state index in [1.165, 1.54) is 24.3 Å². The molecule has 6 rings (SSSR count). The van der Waals surface area contributed by atoms with Crippen LogP contribution in [0.1, 0.15) is 44.6 Å². The molecular formula is C29H22Cl2F3N3O3. The second kappa shape index (κ2) is 9.61. The molecule has 1 saturated heterocycles. The maximum Gasteiger partial charge on any atom is 0.286 e. The van der Waals surface area contributed by atoms with Gasteiger partial charge in [0.25, 0.3) is 17.7 Å². The molecule has 2 heterocycles. The second-order valence-corrected chi connectivity index (χ2v) is 11.1. The van der Waals surface area contributed by atoms with Gasteiger partial charge in [0.05, 0.1) is 23.5 Å². The summed E-state index contributed by atoms with van der Waals surface area (Å²) in [5, 5.41) is 4.07. The number of carbonyl (C=O) groups excluding carboxylic acids is 2. The number of nitrogens with zero attached hydrogens (tertiary/aromatic N) is 2. The number of fused-ring (bicyclic) bond motifs is 2. The van der Waals surface area contributed by atoms with Gasteiger partial charge in [0.1, 0.15) is 18.5 Å². The van der Waals surface area contributed by atoms with Crippen molar-refractivity contribution >= 4 is 40.7 Å². The maximum atomic E-state index is 15.3. The fraction of sp³-hybridized carbons (Fsp3) is 0.276. The zero-order valence-electron chi connectivity index (χ0n) is 21.1. The van der Waals surface area contributed by atoms with Crippen LogP contribution in [0, 0.1) is 12.7 Å². The van der Waals surface area contributed by atoms with Gasteiger partial charge in [-0.3, -0.25) is 19.4 Å². The van der Waals surface area contributed by atoms with Gasteiger partial charge < -0.3 is 5.32 Å². The average Bonchev–Trinajstić information content (AvgIpc) is 3.51. The molecule has 0 radical (unpaired) electrons. The molecule has 3 aliphatic rings. The third kappa shape index (κ3) is 4.19. The van der Waals surface area contributed by atoms with E-state index in [0.29, 0.717) is 38.6 Å². The van der Waals surface area contributed by atoms with E-state index in [1.807, 2.05) is 0 Å². The number of carbonyl (C=O) groups is 2. The Morgan fingerprint density at radius 2 is 1.90 bits per heavy atom. The minimum absolute atomic E-state index is 0.00641. The second-order valence-electron chi connectivity index (χ2n) is 10.3. The van der Waals surface area contributed by atoms with Crippen molar-refractivity contribution < 1.29 is 27.6 Å². The molecule has 1 N–H and O–H groups in total. The van der Waals surface area contributed by atoms with Gasteiger partial charge in [-0.15, -0.1) is 0 Å². The molecule has 2 aliphatic heterocycles. The van der Waals surface area contributed by atoms with Crippen LogP contribution >= 0.6 is 23.2 Å². The van der Waals surface area contributed by atoms with E-state index in [4.69, 9.17) is 28.0 Å². The number of hydrogen-bond donors (Lipinski definition) is 1. The molecule has 1 fully saturated rings. The molecule has 0 aromatic heterocycles. The molecule has 1 unspecified atom stereocenters. The van der Waals surface area contributed by atoms with Gasteiger partial charge in [0, 0.05) is 28.3 Å². The zero-order chi connectivity index (χ0) is 28.4. The topological polar surface area (TPSA) is 71.0 Å². The molecule has 3 aromatic carbocycles. The summed E-state index contributed by atoms with van der Waals surface area (Å²) in [6, 6.07) is 12.6. The minimum atomic E-state index is -3.15. The number of hydrogen-bond acceptors (Lipinski definition) is 4. The number of aryl methyl sites for hydroxylation is 1. The minimum Gasteiger partial charge on any atom is -0.338 e. The first-order chi connectivity index (χ1) is 19.0. The molecule has 206 valence electrons. The molecule has 40 heavy (non-hydrogen) atoms. The average molecular weight is 588 g/mol. The Morgan fingerprint density at radius 3 is 2.62 bits per heavy atom. The van der Waals surface area contributed by atoms with Gasteiger partial charge in [-0.1, -0.05) is 41.4 Å². The summed E-state index contributed by atoms with van der Waals surface area (Å²) in [5.74, 6) is -4.42. The number of amides is 2. The van der Waals surface area contributed by atoms with Crippen LogP contribution in [0.4, 0.5) is 13.2 Å². The van der Waals surface area contributed by atoms with E-state index in [9.17, 15) is 14.0 Å². The predicted molar refractivity (Wildman–Crippen MR) is 143 cm³/mol. The van der Waals surface area contributed by atoms with Crippen LogP contribution in [0.2, 0.25) is 10.0 Å². The van der Waals surface area contributed by atoms with Gasteiger partial charge in [-0.05, 0) is 65.6 Å². The number of nitrogens with one attached hydrogen (secondary N) is 1. The molecule has 11 heteroatoms. The number of alkyl halides is 2. The quantitative estimate of drug-likeness (QED) is 0.413. The van der Waals surface area contributed by atoms with Crippen molar-refractivity contribution in [1.82, 2.24) is 10.4 Å². The lowest BCUT2D eigenvalue weighted by atomic mass is 9.59. The summed E-state index contributed by atoms with van der Waals surface area (Å²) in [7, 11) is 0. The van der Waals surface area contributed by atoms with Crippen LogP contribution in [0.5, 0.6) is 0 Å². The van der Waals surface area contributed by atoms with E-state index in [2.05, 4.69) is 10.3 Å². The van der Waals surface area contributed by atoms with Crippen LogP contribution in [0.25, 0.3) is 0 Å². The number of benzene rings is 3. The van der Waals surface area contributed by atoms with Crippen molar-refractivity contribution in [3.8, 4) is 0 Å². The number of rotatable bonds is 5. The highest BCUT2D eigenvalue weighted by Crippen LogP contribution is 2.64. The smallest absolute Gasteiger partial charge is 0.286 e. The molecule has 2 amide bonds. The van der Waals surface area contributed by atoms with Crippen LogP contribution in [-0.4, -0.2) is 41.8 Å². The Kier molecular flexibility index (Phi) is 6.44. The van der Waals surface area contributed by atoms with Crippen molar-refractivity contribution in [1.29, 1.82) is 0 Å². The van der Waals surface area contributed by atoms with Gasteiger partial charge in [-0.2, -0.15) is 0 Å². The van der Waals surface area contributed by atoms with E-state index >= 15 is 8.78 Å². The Balaban J connectivity index is 1.13. The summed E-state index contributed by atoms with van der Waals surface area (Å²) >= 11 is 12.2. The normalized spacial score (nSPS) is 22.8. The van der Waals surface area contributed by atoms with E-state index in [0.717, 1.165) is 5.06 Å². The summed E-state index contributed by atoms with van der Waals surface area (Å²) in [6.45, 7) is 1.71. The lowest BCUT2D eigenvalue weighted by Crippen LogP contribution is -2.54. The monoisotopic (exact) mass is 587 g/mol. The predicted octanol–water partition coefficient (Wildman–Crippen LogP) is 5.75. The molecule has 1 aliphatic carbocycles. The Bertz CT molecular complexity index is 1600. The maximum absolute atomic E-state index is 15.3. The highest BCUT2D eigenvalue weighted by atomic mass is 35.5. The van der Waals surface area contributed by atoms with E-state index in [1.54, 1.807) is 37.3 Å². The number of aliphatic imine (C=N–C) groups is 1. The molecule has 2 atom stereocenters. The first-order valence-electron chi connectivity index (χ1n) is 12.5. The summed E-state index contributed by atoms with van der Waals surface area (Å²) in [6.07, 6.45) is 0.00641. The van der Waals surface area contributed by atoms with Crippen molar-refractivity contribution in [2.24, 2.45) is 4.99 Å². The fourth-order valence-corrected chi connectivity index (χ4v) is 6.23. The number of halogens is 5. The van der Waals surface area contributed by atoms with Gasteiger partial charge in [0.2, 0.25) is 0 Å². The highest BCUT2D eigenvalue weighted by molar-refractivity contribution is 6.35. The van der Waals surface area contributed by atoms with Crippen LogP contribution in [0.3, 0.4) is 0 Å². The Morgan fingerprint density at radius 1 is 1.15 bits per heavy atom. The first-order valence-corrected chi connectivity index (χ1v) is 13.3. The molecule has 3 aromatic rings.